The van der Waals surface area contributed by atoms with Crippen LogP contribution in [0.15, 0.2) is 91.0 Å². The fourth-order valence-corrected chi connectivity index (χ4v) is 4.71. The summed E-state index contributed by atoms with van der Waals surface area (Å²) in [4.78, 5) is 0. The second-order valence-corrected chi connectivity index (χ2v) is 8.43. The summed E-state index contributed by atoms with van der Waals surface area (Å²) in [7, 11) is 0. The van der Waals surface area contributed by atoms with Crippen LogP contribution in [0.25, 0.3) is 33.4 Å². The predicted octanol–water partition coefficient (Wildman–Crippen LogP) is 7.98. The Kier molecular flexibility index (Phi) is 3.92. The summed E-state index contributed by atoms with van der Waals surface area (Å²) in [6.45, 7) is 4.68. The van der Waals surface area contributed by atoms with Crippen LogP contribution >= 0.6 is 11.6 Å². The van der Waals surface area contributed by atoms with Gasteiger partial charge in [-0.1, -0.05) is 92.2 Å². The smallest absolute Gasteiger partial charge is 0.0406 e. The Bertz CT molecular complexity index is 1170. The lowest BCUT2D eigenvalue weighted by atomic mass is 9.78. The molecular formula is C27H21Cl. The van der Waals surface area contributed by atoms with Crippen LogP contribution in [0.4, 0.5) is 0 Å². The van der Waals surface area contributed by atoms with Crippen molar-refractivity contribution >= 4 is 11.6 Å². The molecular weight excluding hydrogens is 360 g/mol. The van der Waals surface area contributed by atoms with Crippen molar-refractivity contribution in [1.29, 1.82) is 0 Å². The molecule has 0 heterocycles. The first-order valence-electron chi connectivity index (χ1n) is 9.65. The molecule has 0 aromatic heterocycles. The molecule has 0 amide bonds. The first-order chi connectivity index (χ1) is 13.6. The molecule has 0 bridgehead atoms. The van der Waals surface area contributed by atoms with Crippen LogP contribution < -0.4 is 0 Å². The first-order valence-corrected chi connectivity index (χ1v) is 10.0. The number of hydrogen-bond donors (Lipinski definition) is 0. The van der Waals surface area contributed by atoms with E-state index in [2.05, 4.69) is 92.7 Å². The summed E-state index contributed by atoms with van der Waals surface area (Å²) in [5.74, 6) is 0. The Hall–Kier alpha value is -2.83. The average Bonchev–Trinajstić information content (AvgIpc) is 2.96. The van der Waals surface area contributed by atoms with Crippen molar-refractivity contribution < 1.29 is 0 Å². The number of fused-ring (bicyclic) bond motifs is 3. The van der Waals surface area contributed by atoms with E-state index in [4.69, 9.17) is 11.6 Å². The van der Waals surface area contributed by atoms with Crippen LogP contribution in [-0.4, -0.2) is 0 Å². The second-order valence-electron chi connectivity index (χ2n) is 7.99. The van der Waals surface area contributed by atoms with Crippen LogP contribution in [0.1, 0.15) is 25.0 Å². The Morgan fingerprint density at radius 1 is 0.571 bits per heavy atom. The van der Waals surface area contributed by atoms with Gasteiger partial charge in [0.1, 0.15) is 0 Å². The van der Waals surface area contributed by atoms with Crippen LogP contribution in [0, 0.1) is 0 Å². The molecule has 0 unspecified atom stereocenters. The zero-order chi connectivity index (χ0) is 19.3. The zero-order valence-corrected chi connectivity index (χ0v) is 16.8. The summed E-state index contributed by atoms with van der Waals surface area (Å²) in [6.07, 6.45) is 0. The second kappa shape index (κ2) is 6.36. The molecule has 1 aliphatic carbocycles. The van der Waals surface area contributed by atoms with Gasteiger partial charge in [0, 0.05) is 10.4 Å². The van der Waals surface area contributed by atoms with Gasteiger partial charge in [-0.05, 0) is 68.8 Å². The molecule has 1 heteroatoms. The topological polar surface area (TPSA) is 0 Å². The Balaban J connectivity index is 1.85. The molecule has 0 fully saturated rings. The molecule has 28 heavy (non-hydrogen) atoms. The third-order valence-corrected chi connectivity index (χ3v) is 6.17. The van der Waals surface area contributed by atoms with Crippen molar-refractivity contribution in [2.24, 2.45) is 0 Å². The number of rotatable bonds is 2. The standard InChI is InChI=1S/C27H21Cl/c1-27(2)25-11-7-6-10-22(25)24-17-20(18-12-14-21(28)15-13-18)16-23(26(24)27)19-8-4-3-5-9-19/h3-17H,1-2H3. The third kappa shape index (κ3) is 2.60. The van der Waals surface area contributed by atoms with Gasteiger partial charge >= 0.3 is 0 Å². The van der Waals surface area contributed by atoms with E-state index < -0.39 is 0 Å². The lowest BCUT2D eigenvalue weighted by Crippen LogP contribution is -2.16. The van der Waals surface area contributed by atoms with Crippen molar-refractivity contribution in [2.45, 2.75) is 19.3 Å². The van der Waals surface area contributed by atoms with Gasteiger partial charge in [0.25, 0.3) is 0 Å². The van der Waals surface area contributed by atoms with Gasteiger partial charge in [-0.2, -0.15) is 0 Å². The maximum atomic E-state index is 6.12. The zero-order valence-electron chi connectivity index (χ0n) is 16.0. The van der Waals surface area contributed by atoms with Crippen molar-refractivity contribution in [2.75, 3.05) is 0 Å². The molecule has 0 radical (unpaired) electrons. The van der Waals surface area contributed by atoms with Gasteiger partial charge in [0.15, 0.2) is 0 Å². The monoisotopic (exact) mass is 380 g/mol. The number of hydrogen-bond acceptors (Lipinski definition) is 0. The van der Waals surface area contributed by atoms with Gasteiger partial charge in [-0.15, -0.1) is 0 Å². The Morgan fingerprint density at radius 3 is 1.96 bits per heavy atom. The minimum atomic E-state index is -0.0321. The van der Waals surface area contributed by atoms with Gasteiger partial charge in [0.05, 0.1) is 0 Å². The van der Waals surface area contributed by atoms with Gasteiger partial charge in [-0.3, -0.25) is 0 Å². The maximum absolute atomic E-state index is 6.12. The van der Waals surface area contributed by atoms with Gasteiger partial charge in [0.2, 0.25) is 0 Å². The summed E-state index contributed by atoms with van der Waals surface area (Å²) < 4.78 is 0. The lowest BCUT2D eigenvalue weighted by Gasteiger charge is -2.25. The minimum Gasteiger partial charge on any atom is -0.0843 e. The third-order valence-electron chi connectivity index (χ3n) is 5.92. The highest BCUT2D eigenvalue weighted by Crippen LogP contribution is 2.53. The van der Waals surface area contributed by atoms with Crippen molar-refractivity contribution in [1.82, 2.24) is 0 Å². The Labute approximate surface area is 171 Å². The van der Waals surface area contributed by atoms with Crippen molar-refractivity contribution in [3.63, 3.8) is 0 Å². The maximum Gasteiger partial charge on any atom is 0.0406 e. The number of halogens is 1. The highest BCUT2D eigenvalue weighted by molar-refractivity contribution is 6.30. The molecule has 0 N–H and O–H groups in total. The molecule has 4 aromatic carbocycles. The van der Waals surface area contributed by atoms with Crippen LogP contribution in [0.5, 0.6) is 0 Å². The van der Waals surface area contributed by atoms with E-state index in [1.54, 1.807) is 0 Å². The van der Waals surface area contributed by atoms with Crippen LogP contribution in [-0.2, 0) is 5.41 Å². The van der Waals surface area contributed by atoms with Crippen molar-refractivity contribution in [3.8, 4) is 33.4 Å². The van der Waals surface area contributed by atoms with Gasteiger partial charge < -0.3 is 0 Å². The first kappa shape index (κ1) is 17.3. The highest BCUT2D eigenvalue weighted by Gasteiger charge is 2.37. The average molecular weight is 381 g/mol. The molecule has 0 nitrogen and oxygen atoms in total. The largest absolute Gasteiger partial charge is 0.0843 e. The van der Waals surface area contributed by atoms with E-state index in [-0.39, 0.29) is 5.41 Å². The van der Waals surface area contributed by atoms with Crippen LogP contribution in [0.2, 0.25) is 5.02 Å². The molecule has 136 valence electrons. The molecule has 0 spiro atoms. The predicted molar refractivity (Wildman–Crippen MR) is 120 cm³/mol. The molecule has 0 aliphatic heterocycles. The number of benzene rings is 4. The molecule has 4 aromatic rings. The van der Waals surface area contributed by atoms with E-state index in [1.807, 2.05) is 12.1 Å². The highest BCUT2D eigenvalue weighted by atomic mass is 35.5. The molecule has 0 saturated heterocycles. The fourth-order valence-electron chi connectivity index (χ4n) is 4.58. The van der Waals surface area contributed by atoms with E-state index in [0.29, 0.717) is 0 Å². The fraction of sp³-hybridized carbons (Fsp3) is 0.111. The van der Waals surface area contributed by atoms with E-state index in [0.717, 1.165) is 5.02 Å². The summed E-state index contributed by atoms with van der Waals surface area (Å²) in [5.41, 5.74) is 10.4. The van der Waals surface area contributed by atoms with E-state index >= 15 is 0 Å². The molecule has 0 saturated carbocycles. The molecule has 0 atom stereocenters. The summed E-state index contributed by atoms with van der Waals surface area (Å²) >= 11 is 6.12. The minimum absolute atomic E-state index is 0.0321. The Morgan fingerprint density at radius 2 is 1.21 bits per heavy atom. The van der Waals surface area contributed by atoms with Gasteiger partial charge in [-0.25, -0.2) is 0 Å². The van der Waals surface area contributed by atoms with Crippen LogP contribution in [0.3, 0.4) is 0 Å². The SMILES string of the molecule is CC1(C)c2ccccc2-c2cc(-c3ccc(Cl)cc3)cc(-c3ccccc3)c21. The molecule has 5 rings (SSSR count). The quantitative estimate of drug-likeness (QED) is 0.330. The summed E-state index contributed by atoms with van der Waals surface area (Å²) in [5, 5.41) is 0.764. The molecule has 1 aliphatic rings. The summed E-state index contributed by atoms with van der Waals surface area (Å²) in [6, 6.07) is 32.4. The lowest BCUT2D eigenvalue weighted by molar-refractivity contribution is 0.662. The van der Waals surface area contributed by atoms with E-state index in [9.17, 15) is 0 Å². The normalized spacial score (nSPS) is 13.8. The van der Waals surface area contributed by atoms with Crippen molar-refractivity contribution in [3.05, 3.63) is 107 Å². The van der Waals surface area contributed by atoms with E-state index in [1.165, 1.54) is 44.5 Å².